The van der Waals surface area contributed by atoms with Gasteiger partial charge in [0.25, 0.3) is 0 Å². The number of anilines is 1. The van der Waals surface area contributed by atoms with E-state index in [4.69, 9.17) is 4.98 Å². The van der Waals surface area contributed by atoms with Crippen LogP contribution in [0.3, 0.4) is 0 Å². The Balaban J connectivity index is 1.94. The fraction of sp³-hybridized carbons (Fsp3) is 0.529. The van der Waals surface area contributed by atoms with E-state index in [9.17, 15) is 9.90 Å². The van der Waals surface area contributed by atoms with Crippen molar-refractivity contribution < 1.29 is 9.90 Å². The molecule has 0 amide bonds. The Morgan fingerprint density at radius 2 is 2.04 bits per heavy atom. The summed E-state index contributed by atoms with van der Waals surface area (Å²) < 4.78 is 0. The SMILES string of the molecule is CCc1nc2cc(N3CCCC(C(=O)O)C3)cnc2nc1CC. The maximum absolute atomic E-state index is 11.2. The van der Waals surface area contributed by atoms with Crippen molar-refractivity contribution in [3.05, 3.63) is 23.7 Å². The van der Waals surface area contributed by atoms with E-state index in [2.05, 4.69) is 28.7 Å². The van der Waals surface area contributed by atoms with Gasteiger partial charge in [-0.1, -0.05) is 13.8 Å². The predicted octanol–water partition coefficient (Wildman–Crippen LogP) is 2.45. The molecule has 0 aromatic carbocycles. The Labute approximate surface area is 135 Å². The maximum atomic E-state index is 11.2. The molecule has 1 aliphatic heterocycles. The second kappa shape index (κ2) is 6.48. The summed E-state index contributed by atoms with van der Waals surface area (Å²) in [4.78, 5) is 27.1. The van der Waals surface area contributed by atoms with Crippen molar-refractivity contribution in [3.8, 4) is 0 Å². The number of aromatic nitrogens is 3. The highest BCUT2D eigenvalue weighted by molar-refractivity contribution is 5.76. The van der Waals surface area contributed by atoms with E-state index in [-0.39, 0.29) is 5.92 Å². The number of hydrogen-bond donors (Lipinski definition) is 1. The van der Waals surface area contributed by atoms with Gasteiger partial charge in [-0.3, -0.25) is 4.79 Å². The molecule has 1 saturated heterocycles. The van der Waals surface area contributed by atoms with Crippen molar-refractivity contribution in [2.75, 3.05) is 18.0 Å². The van der Waals surface area contributed by atoms with Crippen molar-refractivity contribution in [3.63, 3.8) is 0 Å². The third-order valence-electron chi connectivity index (χ3n) is 4.47. The highest BCUT2D eigenvalue weighted by Crippen LogP contribution is 2.25. The van der Waals surface area contributed by atoms with Crippen LogP contribution in [0.2, 0.25) is 0 Å². The average Bonchev–Trinajstić information content (AvgIpc) is 2.60. The van der Waals surface area contributed by atoms with Crippen LogP contribution < -0.4 is 4.90 Å². The molecule has 1 unspecified atom stereocenters. The zero-order chi connectivity index (χ0) is 16.4. The van der Waals surface area contributed by atoms with Gasteiger partial charge in [-0.05, 0) is 31.7 Å². The van der Waals surface area contributed by atoms with Crippen LogP contribution in [0.5, 0.6) is 0 Å². The first-order valence-corrected chi connectivity index (χ1v) is 8.25. The number of nitrogens with zero attached hydrogens (tertiary/aromatic N) is 4. The van der Waals surface area contributed by atoms with E-state index in [1.54, 1.807) is 6.20 Å². The lowest BCUT2D eigenvalue weighted by atomic mass is 9.98. The standard InChI is InChI=1S/C17H22N4O2/c1-3-13-14(4-2)20-16-15(19-13)8-12(9-18-16)21-7-5-6-11(10-21)17(22)23/h8-9,11H,3-7,10H2,1-2H3,(H,22,23). The number of pyridine rings is 1. The molecule has 23 heavy (non-hydrogen) atoms. The van der Waals surface area contributed by atoms with Crippen LogP contribution in [0.4, 0.5) is 5.69 Å². The van der Waals surface area contributed by atoms with E-state index < -0.39 is 5.97 Å². The fourth-order valence-electron chi connectivity index (χ4n) is 3.16. The third kappa shape index (κ3) is 3.11. The highest BCUT2D eigenvalue weighted by Gasteiger charge is 2.25. The van der Waals surface area contributed by atoms with Crippen LogP contribution >= 0.6 is 0 Å². The molecule has 122 valence electrons. The largest absolute Gasteiger partial charge is 0.481 e. The summed E-state index contributed by atoms with van der Waals surface area (Å²) in [7, 11) is 0. The first-order valence-electron chi connectivity index (χ1n) is 8.25. The van der Waals surface area contributed by atoms with E-state index in [1.165, 1.54) is 0 Å². The number of carboxylic acid groups (broad SMARTS) is 1. The minimum Gasteiger partial charge on any atom is -0.481 e. The molecule has 3 heterocycles. The molecular formula is C17H22N4O2. The van der Waals surface area contributed by atoms with Crippen LogP contribution in [0.25, 0.3) is 11.2 Å². The smallest absolute Gasteiger partial charge is 0.308 e. The second-order valence-electron chi connectivity index (χ2n) is 5.98. The molecule has 3 rings (SSSR count). The molecule has 1 N–H and O–H groups in total. The van der Waals surface area contributed by atoms with Gasteiger partial charge in [0.1, 0.15) is 5.52 Å². The predicted molar refractivity (Wildman–Crippen MR) is 88.7 cm³/mol. The molecule has 0 aliphatic carbocycles. The molecule has 2 aromatic heterocycles. The molecule has 2 aromatic rings. The Morgan fingerprint density at radius 1 is 1.30 bits per heavy atom. The summed E-state index contributed by atoms with van der Waals surface area (Å²) in [5.74, 6) is -1.02. The zero-order valence-electron chi connectivity index (χ0n) is 13.6. The number of aliphatic carboxylic acids is 1. The van der Waals surface area contributed by atoms with Crippen molar-refractivity contribution in [2.45, 2.75) is 39.5 Å². The van der Waals surface area contributed by atoms with Gasteiger partial charge in [-0.15, -0.1) is 0 Å². The molecule has 0 bridgehead atoms. The van der Waals surface area contributed by atoms with Gasteiger partial charge in [0.05, 0.1) is 29.2 Å². The lowest BCUT2D eigenvalue weighted by Gasteiger charge is -2.32. The topological polar surface area (TPSA) is 79.2 Å². The zero-order valence-corrected chi connectivity index (χ0v) is 13.6. The van der Waals surface area contributed by atoms with Gasteiger partial charge in [-0.25, -0.2) is 15.0 Å². The van der Waals surface area contributed by atoms with Crippen LogP contribution in [-0.4, -0.2) is 39.1 Å². The Hall–Kier alpha value is -2.24. The molecule has 0 spiro atoms. The number of fused-ring (bicyclic) bond motifs is 1. The molecule has 0 saturated carbocycles. The quantitative estimate of drug-likeness (QED) is 0.934. The molecule has 1 fully saturated rings. The molecule has 1 atom stereocenters. The van der Waals surface area contributed by atoms with Gasteiger partial charge < -0.3 is 10.0 Å². The van der Waals surface area contributed by atoms with Crippen molar-refractivity contribution in [1.29, 1.82) is 0 Å². The van der Waals surface area contributed by atoms with E-state index in [0.29, 0.717) is 12.2 Å². The second-order valence-corrected chi connectivity index (χ2v) is 5.98. The fourth-order valence-corrected chi connectivity index (χ4v) is 3.16. The number of aryl methyl sites for hydroxylation is 2. The third-order valence-corrected chi connectivity index (χ3v) is 4.47. The number of piperidine rings is 1. The first kappa shape index (κ1) is 15.6. The maximum Gasteiger partial charge on any atom is 0.308 e. The molecule has 1 aliphatic rings. The molecular weight excluding hydrogens is 292 g/mol. The Bertz CT molecular complexity index is 732. The minimum atomic E-state index is -0.718. The summed E-state index contributed by atoms with van der Waals surface area (Å²) in [5, 5.41) is 9.24. The summed E-state index contributed by atoms with van der Waals surface area (Å²) in [5.41, 5.74) is 4.40. The van der Waals surface area contributed by atoms with E-state index >= 15 is 0 Å². The minimum absolute atomic E-state index is 0.306. The normalized spacial score (nSPS) is 18.3. The average molecular weight is 314 g/mol. The number of carboxylic acids is 1. The van der Waals surface area contributed by atoms with Crippen molar-refractivity contribution in [1.82, 2.24) is 15.0 Å². The van der Waals surface area contributed by atoms with Crippen molar-refractivity contribution in [2.24, 2.45) is 5.92 Å². The summed E-state index contributed by atoms with van der Waals surface area (Å²) in [6.45, 7) is 5.54. The van der Waals surface area contributed by atoms with Crippen molar-refractivity contribution >= 4 is 22.8 Å². The van der Waals surface area contributed by atoms with Crippen LogP contribution in [0.1, 0.15) is 38.1 Å². The molecule has 0 radical (unpaired) electrons. The van der Waals surface area contributed by atoms with Gasteiger partial charge in [0, 0.05) is 13.1 Å². The summed E-state index contributed by atoms with van der Waals surface area (Å²) in [6, 6.07) is 1.98. The van der Waals surface area contributed by atoms with Gasteiger partial charge in [-0.2, -0.15) is 0 Å². The summed E-state index contributed by atoms with van der Waals surface area (Å²) >= 11 is 0. The van der Waals surface area contributed by atoms with E-state index in [1.807, 2.05) is 6.07 Å². The van der Waals surface area contributed by atoms with Crippen LogP contribution in [0.15, 0.2) is 12.3 Å². The van der Waals surface area contributed by atoms with Gasteiger partial charge >= 0.3 is 5.97 Å². The number of rotatable bonds is 4. The lowest BCUT2D eigenvalue weighted by molar-refractivity contribution is -0.141. The highest BCUT2D eigenvalue weighted by atomic mass is 16.4. The number of hydrogen-bond acceptors (Lipinski definition) is 5. The monoisotopic (exact) mass is 314 g/mol. The van der Waals surface area contributed by atoms with E-state index in [0.717, 1.165) is 54.8 Å². The van der Waals surface area contributed by atoms with Gasteiger partial charge in [0.2, 0.25) is 0 Å². The first-order chi connectivity index (χ1) is 11.1. The Morgan fingerprint density at radius 3 is 2.74 bits per heavy atom. The van der Waals surface area contributed by atoms with Gasteiger partial charge in [0.15, 0.2) is 5.65 Å². The molecule has 6 nitrogen and oxygen atoms in total. The number of carbonyl (C=O) groups is 1. The lowest BCUT2D eigenvalue weighted by Crippen LogP contribution is -2.38. The van der Waals surface area contributed by atoms with Crippen LogP contribution in [-0.2, 0) is 17.6 Å². The summed E-state index contributed by atoms with van der Waals surface area (Å²) in [6.07, 6.45) is 5.11. The van der Waals surface area contributed by atoms with Crippen LogP contribution in [0, 0.1) is 5.92 Å². The Kier molecular flexibility index (Phi) is 4.41. The molecule has 6 heteroatoms.